The summed E-state index contributed by atoms with van der Waals surface area (Å²) in [6.07, 6.45) is 3.95. The van der Waals surface area contributed by atoms with Gasteiger partial charge in [-0.05, 0) is 63.9 Å². The summed E-state index contributed by atoms with van der Waals surface area (Å²) in [6.45, 7) is 0. The van der Waals surface area contributed by atoms with Crippen molar-refractivity contribution in [2.45, 2.75) is 19.3 Å². The summed E-state index contributed by atoms with van der Waals surface area (Å²) < 4.78 is 2.29. The average molecular weight is 374 g/mol. The first-order valence-electron chi connectivity index (χ1n) is 3.65. The Morgan fingerprint density at radius 3 is 2.64 bits per heavy atom. The Morgan fingerprint density at radius 2 is 2.18 bits per heavy atom. The SMILES string of the molecule is Ic1nc(CC2CC2)[nH]c1I. The molecule has 1 saturated carbocycles. The van der Waals surface area contributed by atoms with E-state index in [1.165, 1.54) is 22.4 Å². The van der Waals surface area contributed by atoms with Crippen LogP contribution >= 0.6 is 45.2 Å². The molecule has 1 aliphatic carbocycles. The Bertz CT molecular complexity index is 246. The topological polar surface area (TPSA) is 28.7 Å². The van der Waals surface area contributed by atoms with Crippen LogP contribution in [0.5, 0.6) is 0 Å². The van der Waals surface area contributed by atoms with Crippen LogP contribution in [-0.2, 0) is 6.42 Å². The van der Waals surface area contributed by atoms with E-state index in [-0.39, 0.29) is 0 Å². The lowest BCUT2D eigenvalue weighted by molar-refractivity contribution is 0.782. The van der Waals surface area contributed by atoms with E-state index in [9.17, 15) is 0 Å². The Labute approximate surface area is 92.8 Å². The molecule has 0 bridgehead atoms. The summed E-state index contributed by atoms with van der Waals surface area (Å²) in [5.74, 6) is 2.09. The molecule has 0 saturated heterocycles. The van der Waals surface area contributed by atoms with Gasteiger partial charge in [0.15, 0.2) is 0 Å². The summed E-state index contributed by atoms with van der Waals surface area (Å²) >= 11 is 4.55. The van der Waals surface area contributed by atoms with Gasteiger partial charge in [-0.25, -0.2) is 4.98 Å². The summed E-state index contributed by atoms with van der Waals surface area (Å²) in [5, 5.41) is 0. The number of imidazole rings is 1. The zero-order valence-electron chi connectivity index (χ0n) is 5.90. The molecule has 0 spiro atoms. The number of nitrogens with one attached hydrogen (secondary N) is 1. The van der Waals surface area contributed by atoms with Gasteiger partial charge in [0.2, 0.25) is 0 Å². The lowest BCUT2D eigenvalue weighted by Gasteiger charge is -1.89. The molecule has 0 aliphatic heterocycles. The fraction of sp³-hybridized carbons (Fsp3) is 0.571. The van der Waals surface area contributed by atoms with Gasteiger partial charge in [-0.3, -0.25) is 0 Å². The summed E-state index contributed by atoms with van der Waals surface area (Å²) in [6, 6.07) is 0. The minimum Gasteiger partial charge on any atom is -0.337 e. The highest BCUT2D eigenvalue weighted by atomic mass is 127. The third-order valence-corrected chi connectivity index (χ3v) is 4.44. The van der Waals surface area contributed by atoms with E-state index in [0.717, 1.165) is 16.0 Å². The van der Waals surface area contributed by atoms with Crippen molar-refractivity contribution >= 4 is 45.2 Å². The van der Waals surface area contributed by atoms with Gasteiger partial charge in [0.1, 0.15) is 13.2 Å². The Morgan fingerprint density at radius 1 is 1.45 bits per heavy atom. The molecule has 0 aromatic carbocycles. The van der Waals surface area contributed by atoms with Crippen LogP contribution in [0, 0.1) is 13.3 Å². The number of hydrogen-bond donors (Lipinski definition) is 1. The van der Waals surface area contributed by atoms with Gasteiger partial charge in [-0.1, -0.05) is 0 Å². The lowest BCUT2D eigenvalue weighted by Crippen LogP contribution is -1.89. The highest BCUT2D eigenvalue weighted by Gasteiger charge is 2.23. The van der Waals surface area contributed by atoms with Crippen LogP contribution in [0.1, 0.15) is 18.7 Å². The van der Waals surface area contributed by atoms with Gasteiger partial charge in [0.25, 0.3) is 0 Å². The van der Waals surface area contributed by atoms with Crippen molar-refractivity contribution in [1.82, 2.24) is 9.97 Å². The second-order valence-electron chi connectivity index (χ2n) is 2.94. The van der Waals surface area contributed by atoms with Crippen molar-refractivity contribution in [3.8, 4) is 0 Å². The second-order valence-corrected chi connectivity index (χ2v) is 5.04. The van der Waals surface area contributed by atoms with E-state index in [2.05, 4.69) is 55.1 Å². The van der Waals surface area contributed by atoms with Crippen molar-refractivity contribution in [3.63, 3.8) is 0 Å². The quantitative estimate of drug-likeness (QED) is 0.793. The number of aromatic amines is 1. The number of hydrogen-bond acceptors (Lipinski definition) is 1. The minimum atomic E-state index is 0.924. The molecule has 0 radical (unpaired) electrons. The highest BCUT2D eigenvalue weighted by Crippen LogP contribution is 2.32. The molecule has 60 valence electrons. The van der Waals surface area contributed by atoms with Crippen LogP contribution in [-0.4, -0.2) is 9.97 Å². The zero-order chi connectivity index (χ0) is 7.84. The Balaban J connectivity index is 2.11. The van der Waals surface area contributed by atoms with Gasteiger partial charge in [0, 0.05) is 6.42 Å². The monoisotopic (exact) mass is 374 g/mol. The zero-order valence-corrected chi connectivity index (χ0v) is 10.2. The summed E-state index contributed by atoms with van der Waals surface area (Å²) in [4.78, 5) is 7.70. The number of halogens is 2. The third kappa shape index (κ3) is 2.07. The molecule has 0 atom stereocenters. The van der Waals surface area contributed by atoms with Crippen LogP contribution < -0.4 is 0 Å². The minimum absolute atomic E-state index is 0.924. The van der Waals surface area contributed by atoms with Gasteiger partial charge < -0.3 is 4.98 Å². The molecule has 1 N–H and O–H groups in total. The molecule has 4 heteroatoms. The van der Waals surface area contributed by atoms with Crippen molar-refractivity contribution in [2.24, 2.45) is 5.92 Å². The van der Waals surface area contributed by atoms with Crippen LogP contribution in [0.25, 0.3) is 0 Å². The molecule has 0 amide bonds. The molecule has 1 heterocycles. The molecule has 1 fully saturated rings. The molecule has 1 aliphatic rings. The van der Waals surface area contributed by atoms with Gasteiger partial charge in [0.05, 0.1) is 0 Å². The number of aromatic nitrogens is 2. The van der Waals surface area contributed by atoms with Crippen LogP contribution in [0.15, 0.2) is 0 Å². The van der Waals surface area contributed by atoms with Crippen LogP contribution in [0.3, 0.4) is 0 Å². The number of H-pyrrole nitrogens is 1. The van der Waals surface area contributed by atoms with E-state index in [0.29, 0.717) is 0 Å². The predicted molar refractivity (Wildman–Crippen MR) is 60.4 cm³/mol. The van der Waals surface area contributed by atoms with E-state index in [4.69, 9.17) is 0 Å². The summed E-state index contributed by atoms with van der Waals surface area (Å²) in [7, 11) is 0. The Hall–Kier alpha value is 0.670. The summed E-state index contributed by atoms with van der Waals surface area (Å²) in [5.41, 5.74) is 0. The first-order valence-corrected chi connectivity index (χ1v) is 5.81. The van der Waals surface area contributed by atoms with E-state index in [1.807, 2.05) is 0 Å². The smallest absolute Gasteiger partial charge is 0.133 e. The first-order chi connectivity index (χ1) is 5.25. The predicted octanol–water partition coefficient (Wildman–Crippen LogP) is 2.57. The normalized spacial score (nSPS) is 17.3. The number of rotatable bonds is 2. The van der Waals surface area contributed by atoms with Gasteiger partial charge in [-0.15, -0.1) is 0 Å². The maximum atomic E-state index is 4.41. The molecule has 1 aromatic heterocycles. The first kappa shape index (κ1) is 8.28. The standard InChI is InChI=1S/C7H8I2N2/c8-6-7(9)11-5(10-6)3-4-1-2-4/h4H,1-3H2,(H,10,11). The second kappa shape index (κ2) is 3.20. The van der Waals surface area contributed by atoms with E-state index in [1.54, 1.807) is 0 Å². The fourth-order valence-electron chi connectivity index (χ4n) is 1.07. The van der Waals surface area contributed by atoms with Gasteiger partial charge in [-0.2, -0.15) is 0 Å². The molecule has 1 aromatic rings. The number of nitrogens with zero attached hydrogens (tertiary/aromatic N) is 1. The van der Waals surface area contributed by atoms with E-state index >= 15 is 0 Å². The van der Waals surface area contributed by atoms with Crippen molar-refractivity contribution in [2.75, 3.05) is 0 Å². The van der Waals surface area contributed by atoms with Crippen LogP contribution in [0.2, 0.25) is 0 Å². The van der Waals surface area contributed by atoms with Crippen molar-refractivity contribution < 1.29 is 0 Å². The highest BCUT2D eigenvalue weighted by molar-refractivity contribution is 14.1. The van der Waals surface area contributed by atoms with Gasteiger partial charge >= 0.3 is 0 Å². The molecule has 2 rings (SSSR count). The molecular formula is C7H8I2N2. The average Bonchev–Trinajstić information content (AvgIpc) is 2.65. The van der Waals surface area contributed by atoms with Crippen LogP contribution in [0.4, 0.5) is 0 Å². The largest absolute Gasteiger partial charge is 0.337 e. The molecule has 2 nitrogen and oxygen atoms in total. The fourth-order valence-corrected chi connectivity index (χ4v) is 1.92. The van der Waals surface area contributed by atoms with Crippen molar-refractivity contribution in [1.29, 1.82) is 0 Å². The lowest BCUT2D eigenvalue weighted by atomic mass is 10.3. The molecular weight excluding hydrogens is 366 g/mol. The maximum Gasteiger partial charge on any atom is 0.133 e. The Kier molecular flexibility index (Phi) is 2.40. The third-order valence-electron chi connectivity index (χ3n) is 1.85. The van der Waals surface area contributed by atoms with E-state index < -0.39 is 0 Å². The molecule has 0 unspecified atom stereocenters. The maximum absolute atomic E-state index is 4.41. The molecule has 11 heavy (non-hydrogen) atoms. The van der Waals surface area contributed by atoms with Crippen molar-refractivity contribution in [3.05, 3.63) is 13.2 Å².